The molecule has 3 amide bonds. The van der Waals surface area contributed by atoms with E-state index in [2.05, 4.69) is 53.8 Å². The molecule has 6 aromatic rings. The summed E-state index contributed by atoms with van der Waals surface area (Å²) in [4.78, 5) is 69.0. The molecule has 1 N–H and O–H groups in total. The van der Waals surface area contributed by atoms with E-state index in [9.17, 15) is 19.2 Å². The number of carbonyl (C=O) groups is 4. The lowest BCUT2D eigenvalue weighted by molar-refractivity contribution is -0.145. The van der Waals surface area contributed by atoms with Gasteiger partial charge in [-0.1, -0.05) is 113 Å². The highest BCUT2D eigenvalue weighted by Crippen LogP contribution is 2.41. The molecule has 0 spiro atoms. The summed E-state index contributed by atoms with van der Waals surface area (Å²) >= 11 is 3.21. The van der Waals surface area contributed by atoms with Gasteiger partial charge in [0.1, 0.15) is 27.6 Å². The summed E-state index contributed by atoms with van der Waals surface area (Å²) in [7, 11) is 0. The quantitative estimate of drug-likeness (QED) is 0.0845. The van der Waals surface area contributed by atoms with Gasteiger partial charge in [0.05, 0.1) is 34.2 Å². The first-order chi connectivity index (χ1) is 31.0. The number of thiazole rings is 2. The highest BCUT2D eigenvalue weighted by molar-refractivity contribution is 7.15. The first-order valence-electron chi connectivity index (χ1n) is 22.0. The summed E-state index contributed by atoms with van der Waals surface area (Å²) in [6, 6.07) is 33.7. The van der Waals surface area contributed by atoms with Gasteiger partial charge in [-0.15, -0.1) is 22.7 Å². The van der Waals surface area contributed by atoms with Crippen LogP contribution in [-0.2, 0) is 14.4 Å². The number of likely N-dealkylation sites (tertiary alicyclic amines) is 2. The number of rotatable bonds is 14. The van der Waals surface area contributed by atoms with Gasteiger partial charge in [-0.25, -0.2) is 14.8 Å². The summed E-state index contributed by atoms with van der Waals surface area (Å²) < 4.78 is 11.0. The maximum absolute atomic E-state index is 14.0. The number of ether oxygens (including phenoxy) is 2. The molecule has 2 saturated heterocycles. The molecule has 8 rings (SSSR count). The van der Waals surface area contributed by atoms with E-state index in [1.165, 1.54) is 0 Å². The number of nitrogens with zero attached hydrogens (tertiary/aromatic N) is 4. The molecule has 2 fully saturated rings. The molecule has 2 aromatic heterocycles. The molecular formula is C51H53N5O6S2. The van der Waals surface area contributed by atoms with Gasteiger partial charge in [0.25, 0.3) is 0 Å². The van der Waals surface area contributed by atoms with Crippen LogP contribution in [0, 0.1) is 17.8 Å². The van der Waals surface area contributed by atoms with Crippen molar-refractivity contribution >= 4 is 46.6 Å². The van der Waals surface area contributed by atoms with E-state index in [1.807, 2.05) is 74.2 Å². The SMILES string of the molecule is CC(C)[C@@H](CC(=O)Oc1ccccc1)C(=O)N1CCC[C@H]1c1ncc(-c2ccc(-c3ccc(-c4cnc([C@@H]5CCCN5C(=O)[C@H](NC(=O)Oc5ccccc5)C(C)C)s4)cc3)cc2)s1. The van der Waals surface area contributed by atoms with Gasteiger partial charge in [0.2, 0.25) is 11.8 Å². The van der Waals surface area contributed by atoms with Crippen LogP contribution in [0.25, 0.3) is 32.0 Å². The van der Waals surface area contributed by atoms with Crippen molar-refractivity contribution in [3.63, 3.8) is 0 Å². The molecule has 0 aliphatic carbocycles. The van der Waals surface area contributed by atoms with Crippen molar-refractivity contribution in [3.05, 3.63) is 132 Å². The van der Waals surface area contributed by atoms with Crippen LogP contribution >= 0.6 is 22.7 Å². The van der Waals surface area contributed by atoms with E-state index >= 15 is 0 Å². The van der Waals surface area contributed by atoms with Crippen LogP contribution in [0.5, 0.6) is 11.5 Å². The number of hydrogen-bond acceptors (Lipinski definition) is 10. The Hall–Kier alpha value is -6.18. The second kappa shape index (κ2) is 20.1. The Balaban J connectivity index is 0.884. The van der Waals surface area contributed by atoms with Crippen LogP contribution in [0.4, 0.5) is 4.79 Å². The number of para-hydroxylation sites is 2. The third-order valence-corrected chi connectivity index (χ3v) is 14.3. The molecule has 13 heteroatoms. The fourth-order valence-electron chi connectivity index (χ4n) is 8.49. The highest BCUT2D eigenvalue weighted by atomic mass is 32.1. The third-order valence-electron chi connectivity index (χ3n) is 12.0. The van der Waals surface area contributed by atoms with Gasteiger partial charge in [-0.2, -0.15) is 0 Å². The van der Waals surface area contributed by atoms with Gasteiger partial charge in [0.15, 0.2) is 0 Å². The largest absolute Gasteiger partial charge is 0.427 e. The summed E-state index contributed by atoms with van der Waals surface area (Å²) in [6.45, 7) is 9.04. The first kappa shape index (κ1) is 44.4. The average Bonchev–Trinajstić information content (AvgIpc) is 4.15. The monoisotopic (exact) mass is 895 g/mol. The molecule has 4 heterocycles. The molecule has 0 unspecified atom stereocenters. The normalized spacial score (nSPS) is 17.1. The van der Waals surface area contributed by atoms with E-state index in [1.54, 1.807) is 59.1 Å². The van der Waals surface area contributed by atoms with Crippen LogP contribution < -0.4 is 14.8 Å². The van der Waals surface area contributed by atoms with Crippen LogP contribution in [0.3, 0.4) is 0 Å². The molecule has 330 valence electrons. The van der Waals surface area contributed by atoms with E-state index < -0.39 is 24.0 Å². The lowest BCUT2D eigenvalue weighted by atomic mass is 9.91. The minimum atomic E-state index is -0.729. The van der Waals surface area contributed by atoms with Crippen LogP contribution in [0.15, 0.2) is 122 Å². The van der Waals surface area contributed by atoms with E-state index in [-0.39, 0.29) is 42.2 Å². The number of amides is 3. The predicted octanol–water partition coefficient (Wildman–Crippen LogP) is 11.0. The van der Waals surface area contributed by atoms with Crippen molar-refractivity contribution in [2.75, 3.05) is 13.1 Å². The van der Waals surface area contributed by atoms with Crippen LogP contribution in [0.2, 0.25) is 0 Å². The van der Waals surface area contributed by atoms with Gasteiger partial charge >= 0.3 is 12.1 Å². The van der Waals surface area contributed by atoms with E-state index in [0.717, 1.165) is 67.7 Å². The summed E-state index contributed by atoms with van der Waals surface area (Å²) in [5.41, 5.74) is 4.28. The second-order valence-electron chi connectivity index (χ2n) is 17.1. The zero-order valence-corrected chi connectivity index (χ0v) is 38.1. The molecule has 64 heavy (non-hydrogen) atoms. The fourth-order valence-corrected chi connectivity index (χ4v) is 10.6. The van der Waals surface area contributed by atoms with Crippen molar-refractivity contribution in [1.82, 2.24) is 25.1 Å². The molecule has 11 nitrogen and oxygen atoms in total. The Morgan fingerprint density at radius 2 is 1.06 bits per heavy atom. The summed E-state index contributed by atoms with van der Waals surface area (Å²) in [5, 5.41) is 4.60. The Morgan fingerprint density at radius 3 is 1.53 bits per heavy atom. The Morgan fingerprint density at radius 1 is 0.609 bits per heavy atom. The summed E-state index contributed by atoms with van der Waals surface area (Å²) in [5.74, 6) is -0.309. The second-order valence-corrected chi connectivity index (χ2v) is 19.2. The minimum Gasteiger partial charge on any atom is -0.427 e. The number of hydrogen-bond donors (Lipinski definition) is 1. The molecule has 0 bridgehead atoms. The van der Waals surface area contributed by atoms with Crippen molar-refractivity contribution in [3.8, 4) is 43.5 Å². The Bertz CT molecular complexity index is 2360. The number of carbonyl (C=O) groups excluding carboxylic acids is 4. The molecule has 0 radical (unpaired) electrons. The van der Waals surface area contributed by atoms with Gasteiger partial charge in [-0.05, 0) is 84.0 Å². The van der Waals surface area contributed by atoms with Crippen molar-refractivity contribution in [1.29, 1.82) is 0 Å². The van der Waals surface area contributed by atoms with E-state index in [0.29, 0.717) is 24.6 Å². The lowest BCUT2D eigenvalue weighted by Gasteiger charge is -2.30. The topological polar surface area (TPSA) is 131 Å². The maximum Gasteiger partial charge on any atom is 0.413 e. The van der Waals surface area contributed by atoms with Gasteiger partial charge in [-0.3, -0.25) is 14.4 Å². The smallest absolute Gasteiger partial charge is 0.413 e. The molecule has 2 aliphatic rings. The van der Waals surface area contributed by atoms with E-state index in [4.69, 9.17) is 19.4 Å². The van der Waals surface area contributed by atoms with Crippen molar-refractivity contribution < 1.29 is 28.7 Å². The van der Waals surface area contributed by atoms with Gasteiger partial charge in [0, 0.05) is 25.5 Å². The molecule has 0 saturated carbocycles. The predicted molar refractivity (Wildman–Crippen MR) is 251 cm³/mol. The minimum absolute atomic E-state index is 0.0212. The zero-order valence-electron chi connectivity index (χ0n) is 36.5. The zero-order chi connectivity index (χ0) is 44.7. The number of aromatic nitrogens is 2. The number of esters is 1. The molecule has 4 atom stereocenters. The lowest BCUT2D eigenvalue weighted by Crippen LogP contribution is -2.51. The fraction of sp³-hybridized carbons (Fsp3) is 0.333. The molecule has 2 aliphatic heterocycles. The standard InChI is InChI=1S/C51H53N5O6S2/c1-32(2)40(29-45(57)61-38-13-7-5-8-14-38)49(58)55-27-11-17-41(55)47-52-30-43(63-47)36-23-19-34(20-24-36)35-21-25-37(26-22-35)44-31-53-48(64-44)42-18-12-28-56(42)50(59)46(33(3)4)54-51(60)62-39-15-9-6-10-16-39/h5-10,13-16,19-26,30-33,40-42,46H,11-12,17-18,27-29H2,1-4H3,(H,54,60)/t40-,41+,42+,46-/m1/s1. The van der Waals surface area contributed by atoms with Crippen molar-refractivity contribution in [2.24, 2.45) is 17.8 Å². The number of nitrogens with one attached hydrogen (secondary N) is 1. The first-order valence-corrected chi connectivity index (χ1v) is 23.7. The van der Waals surface area contributed by atoms with Gasteiger partial charge < -0.3 is 24.6 Å². The average molecular weight is 896 g/mol. The Labute approximate surface area is 382 Å². The third kappa shape index (κ3) is 10.3. The maximum atomic E-state index is 14.0. The Kier molecular flexibility index (Phi) is 14.0. The summed E-state index contributed by atoms with van der Waals surface area (Å²) in [6.07, 6.45) is 6.54. The molecule has 4 aromatic carbocycles. The van der Waals surface area contributed by atoms with Crippen LogP contribution in [-0.4, -0.2) is 62.8 Å². The number of benzene rings is 4. The highest BCUT2D eigenvalue weighted by Gasteiger charge is 2.39. The van der Waals surface area contributed by atoms with Crippen molar-refractivity contribution in [2.45, 2.75) is 77.9 Å². The van der Waals surface area contributed by atoms with Crippen LogP contribution in [0.1, 0.15) is 81.9 Å². The molecular weight excluding hydrogens is 843 g/mol.